The van der Waals surface area contributed by atoms with Gasteiger partial charge in [-0.25, -0.2) is 0 Å². The number of rotatable bonds is 4. The Hall–Kier alpha value is -0.720. The van der Waals surface area contributed by atoms with Crippen molar-refractivity contribution >= 4 is 11.8 Å². The van der Waals surface area contributed by atoms with Crippen molar-refractivity contribution in [2.45, 2.75) is 36.4 Å². The van der Waals surface area contributed by atoms with Gasteiger partial charge in [-0.3, -0.25) is 0 Å². The lowest BCUT2D eigenvalue weighted by Gasteiger charge is -2.22. The Labute approximate surface area is 108 Å². The highest BCUT2D eigenvalue weighted by atomic mass is 32.2. The van der Waals surface area contributed by atoms with Crippen LogP contribution in [0.25, 0.3) is 0 Å². The molecule has 18 heavy (non-hydrogen) atoms. The van der Waals surface area contributed by atoms with Gasteiger partial charge in [0.05, 0.1) is 12.1 Å². The van der Waals surface area contributed by atoms with Crippen molar-refractivity contribution in [3.05, 3.63) is 29.8 Å². The molecule has 0 aromatic heterocycles. The van der Waals surface area contributed by atoms with Crippen molar-refractivity contribution < 1.29 is 18.3 Å². The number of aliphatic hydroxyl groups excluding tert-OH is 1. The van der Waals surface area contributed by atoms with Crippen LogP contribution in [0.3, 0.4) is 0 Å². The van der Waals surface area contributed by atoms with Gasteiger partial charge in [0.1, 0.15) is 0 Å². The fourth-order valence-electron chi connectivity index (χ4n) is 1.50. The molecule has 0 aliphatic heterocycles. The van der Waals surface area contributed by atoms with Crippen LogP contribution in [0.5, 0.6) is 0 Å². The molecule has 0 radical (unpaired) electrons. The number of aliphatic hydroxyl groups is 1. The maximum Gasteiger partial charge on any atom is 0.446 e. The second-order valence-electron chi connectivity index (χ2n) is 4.38. The molecule has 0 saturated carbocycles. The van der Waals surface area contributed by atoms with Crippen LogP contribution in [-0.2, 0) is 0 Å². The van der Waals surface area contributed by atoms with Crippen LogP contribution in [0.15, 0.2) is 29.2 Å². The quantitative estimate of drug-likeness (QED) is 0.831. The summed E-state index contributed by atoms with van der Waals surface area (Å²) in [5, 5.41) is 9.79. The first kappa shape index (κ1) is 15.3. The summed E-state index contributed by atoms with van der Waals surface area (Å²) >= 11 is -0.167. The number of nitrogens with two attached hydrogens (primary N) is 1. The van der Waals surface area contributed by atoms with E-state index < -0.39 is 17.7 Å². The van der Waals surface area contributed by atoms with Crippen LogP contribution >= 0.6 is 11.8 Å². The zero-order chi connectivity index (χ0) is 13.9. The van der Waals surface area contributed by atoms with Gasteiger partial charge in [0.25, 0.3) is 0 Å². The molecule has 0 spiro atoms. The second kappa shape index (κ2) is 5.95. The van der Waals surface area contributed by atoms with Crippen molar-refractivity contribution in [3.63, 3.8) is 0 Å². The average molecular weight is 279 g/mol. The Kier molecular flexibility index (Phi) is 5.07. The van der Waals surface area contributed by atoms with Crippen molar-refractivity contribution in [2.75, 3.05) is 0 Å². The molecule has 2 atom stereocenters. The van der Waals surface area contributed by atoms with E-state index in [9.17, 15) is 18.3 Å². The predicted octanol–water partition coefficient (Wildman–Crippen LogP) is 3.32. The number of halogens is 3. The van der Waals surface area contributed by atoms with E-state index in [4.69, 9.17) is 5.73 Å². The molecule has 0 bridgehead atoms. The summed E-state index contributed by atoms with van der Waals surface area (Å²) in [6.45, 7) is 3.66. The van der Waals surface area contributed by atoms with E-state index in [1.165, 1.54) is 24.3 Å². The van der Waals surface area contributed by atoms with Crippen LogP contribution in [0.1, 0.15) is 25.5 Å². The van der Waals surface area contributed by atoms with Crippen molar-refractivity contribution in [3.8, 4) is 0 Å². The fourth-order valence-corrected chi connectivity index (χ4v) is 2.04. The first-order valence-electron chi connectivity index (χ1n) is 5.50. The lowest BCUT2D eigenvalue weighted by atomic mass is 9.95. The SMILES string of the molecule is CC(C)[C@H](O)[C@H](N)c1ccc(SC(F)(F)F)cc1. The maximum atomic E-state index is 12.1. The lowest BCUT2D eigenvalue weighted by Crippen LogP contribution is -2.30. The molecule has 102 valence electrons. The van der Waals surface area contributed by atoms with E-state index in [2.05, 4.69) is 0 Å². The molecule has 1 aromatic carbocycles. The normalized spacial score (nSPS) is 15.8. The number of benzene rings is 1. The Morgan fingerprint density at radius 2 is 1.67 bits per heavy atom. The van der Waals surface area contributed by atoms with Crippen molar-refractivity contribution in [2.24, 2.45) is 11.7 Å². The fraction of sp³-hybridized carbons (Fsp3) is 0.500. The standard InChI is InChI=1S/C12H16F3NOS/c1-7(2)11(17)10(16)8-3-5-9(6-4-8)18-12(13,14)15/h3-7,10-11,17H,16H2,1-2H3/t10-,11+/m1/s1. The van der Waals surface area contributed by atoms with Gasteiger partial charge in [0, 0.05) is 4.90 Å². The third-order valence-electron chi connectivity index (χ3n) is 2.55. The Morgan fingerprint density at radius 1 is 1.17 bits per heavy atom. The van der Waals surface area contributed by atoms with Crippen LogP contribution in [0.4, 0.5) is 13.2 Å². The molecule has 3 N–H and O–H groups in total. The number of alkyl halides is 3. The highest BCUT2D eigenvalue weighted by Gasteiger charge is 2.29. The Bertz CT molecular complexity index is 378. The van der Waals surface area contributed by atoms with Gasteiger partial charge in [-0.15, -0.1) is 0 Å². The zero-order valence-corrected chi connectivity index (χ0v) is 10.9. The van der Waals surface area contributed by atoms with Crippen molar-refractivity contribution in [1.29, 1.82) is 0 Å². The van der Waals surface area contributed by atoms with E-state index in [1.54, 1.807) is 0 Å². The molecular weight excluding hydrogens is 263 g/mol. The highest BCUT2D eigenvalue weighted by molar-refractivity contribution is 8.00. The first-order valence-corrected chi connectivity index (χ1v) is 6.31. The van der Waals surface area contributed by atoms with Crippen LogP contribution in [0.2, 0.25) is 0 Å². The lowest BCUT2D eigenvalue weighted by molar-refractivity contribution is -0.0328. The van der Waals surface area contributed by atoms with Crippen LogP contribution < -0.4 is 5.73 Å². The van der Waals surface area contributed by atoms with Gasteiger partial charge in [-0.05, 0) is 35.4 Å². The minimum atomic E-state index is -4.29. The smallest absolute Gasteiger partial charge is 0.391 e. The summed E-state index contributed by atoms with van der Waals surface area (Å²) < 4.78 is 36.4. The monoisotopic (exact) mass is 279 g/mol. The van der Waals surface area contributed by atoms with E-state index >= 15 is 0 Å². The molecule has 6 heteroatoms. The summed E-state index contributed by atoms with van der Waals surface area (Å²) in [6.07, 6.45) is -0.717. The molecule has 0 fully saturated rings. The van der Waals surface area contributed by atoms with E-state index in [0.717, 1.165) is 0 Å². The molecule has 0 unspecified atom stereocenters. The molecule has 0 heterocycles. The molecular formula is C12H16F3NOS. The van der Waals surface area contributed by atoms with Crippen LogP contribution in [-0.4, -0.2) is 16.7 Å². The molecule has 0 amide bonds. The van der Waals surface area contributed by atoms with Crippen molar-refractivity contribution in [1.82, 2.24) is 0 Å². The Balaban J connectivity index is 2.77. The van der Waals surface area contributed by atoms with E-state index in [1.807, 2.05) is 13.8 Å². The summed E-state index contributed by atoms with van der Waals surface area (Å²) in [5.41, 5.74) is 2.17. The zero-order valence-electron chi connectivity index (χ0n) is 10.1. The molecule has 0 aliphatic rings. The minimum Gasteiger partial charge on any atom is -0.391 e. The summed E-state index contributed by atoms with van der Waals surface area (Å²) in [6, 6.07) is 5.17. The van der Waals surface area contributed by atoms with Gasteiger partial charge in [-0.2, -0.15) is 13.2 Å². The molecule has 0 aliphatic carbocycles. The van der Waals surface area contributed by atoms with Gasteiger partial charge < -0.3 is 10.8 Å². The van der Waals surface area contributed by atoms with Gasteiger partial charge in [0.15, 0.2) is 0 Å². The minimum absolute atomic E-state index is 0.00998. The van der Waals surface area contributed by atoms with Gasteiger partial charge in [-0.1, -0.05) is 26.0 Å². The van der Waals surface area contributed by atoms with Crippen LogP contribution in [0, 0.1) is 5.92 Å². The summed E-state index contributed by atoms with van der Waals surface area (Å²) in [5.74, 6) is -0.00998. The highest BCUT2D eigenvalue weighted by Crippen LogP contribution is 2.37. The summed E-state index contributed by atoms with van der Waals surface area (Å²) in [4.78, 5) is 0.109. The Morgan fingerprint density at radius 3 is 2.06 bits per heavy atom. The molecule has 0 saturated heterocycles. The summed E-state index contributed by atoms with van der Waals surface area (Å²) in [7, 11) is 0. The third-order valence-corrected chi connectivity index (χ3v) is 3.29. The van der Waals surface area contributed by atoms with E-state index in [0.29, 0.717) is 5.56 Å². The second-order valence-corrected chi connectivity index (χ2v) is 5.52. The predicted molar refractivity (Wildman–Crippen MR) is 66.1 cm³/mol. The number of hydrogen-bond acceptors (Lipinski definition) is 3. The molecule has 1 aromatic rings. The number of hydrogen-bond donors (Lipinski definition) is 2. The molecule has 1 rings (SSSR count). The average Bonchev–Trinajstić information content (AvgIpc) is 2.26. The third kappa shape index (κ3) is 4.51. The maximum absolute atomic E-state index is 12.1. The largest absolute Gasteiger partial charge is 0.446 e. The first-order chi connectivity index (χ1) is 8.20. The van der Waals surface area contributed by atoms with Gasteiger partial charge in [0.2, 0.25) is 0 Å². The number of thioether (sulfide) groups is 1. The topological polar surface area (TPSA) is 46.2 Å². The van der Waals surface area contributed by atoms with E-state index in [-0.39, 0.29) is 22.6 Å². The van der Waals surface area contributed by atoms with Gasteiger partial charge >= 0.3 is 5.51 Å². The molecule has 2 nitrogen and oxygen atoms in total.